The summed E-state index contributed by atoms with van der Waals surface area (Å²) in [5.41, 5.74) is 8.97. The van der Waals surface area contributed by atoms with E-state index in [9.17, 15) is 0 Å². The van der Waals surface area contributed by atoms with Gasteiger partial charge >= 0.3 is 0 Å². The average Bonchev–Trinajstić information content (AvgIpc) is 3.34. The Kier molecular flexibility index (Phi) is 7.53. The van der Waals surface area contributed by atoms with E-state index in [0.717, 1.165) is 17.1 Å². The van der Waals surface area contributed by atoms with Crippen molar-refractivity contribution in [2.75, 3.05) is 11.5 Å². The molecule has 0 bridgehead atoms. The van der Waals surface area contributed by atoms with E-state index in [1.807, 2.05) is 56.0 Å². The van der Waals surface area contributed by atoms with Crippen LogP contribution >= 0.6 is 0 Å². The Morgan fingerprint density at radius 1 is 1.11 bits per heavy atom. The van der Waals surface area contributed by atoms with Crippen molar-refractivity contribution in [1.29, 1.82) is 5.41 Å². The first-order valence-corrected chi connectivity index (χ1v) is 11.8. The van der Waals surface area contributed by atoms with Crippen molar-refractivity contribution in [2.45, 2.75) is 33.4 Å². The van der Waals surface area contributed by atoms with E-state index >= 15 is 4.39 Å². The second-order valence-corrected chi connectivity index (χ2v) is 8.52. The smallest absolute Gasteiger partial charge is 0.188 e. The number of amidine groups is 1. The van der Waals surface area contributed by atoms with E-state index in [2.05, 4.69) is 9.97 Å². The molecule has 0 unspecified atom stereocenters. The average molecular weight is 488 g/mol. The van der Waals surface area contributed by atoms with Crippen LogP contribution in [0, 0.1) is 11.2 Å². The first-order chi connectivity index (χ1) is 17.4. The largest absolute Gasteiger partial charge is 0.494 e. The van der Waals surface area contributed by atoms with Crippen LogP contribution in [-0.4, -0.2) is 28.5 Å². The highest BCUT2D eigenvalue weighted by atomic mass is 19.1. The molecule has 0 aliphatic heterocycles. The Morgan fingerprint density at radius 2 is 1.83 bits per heavy atom. The molecule has 8 heteroatoms. The molecule has 0 amide bonds. The van der Waals surface area contributed by atoms with Gasteiger partial charge in [0.2, 0.25) is 0 Å². The van der Waals surface area contributed by atoms with Gasteiger partial charge < -0.3 is 25.1 Å². The first kappa shape index (κ1) is 24.8. The van der Waals surface area contributed by atoms with E-state index in [1.54, 1.807) is 42.6 Å². The number of benzene rings is 3. The highest BCUT2D eigenvalue weighted by Crippen LogP contribution is 2.38. The van der Waals surface area contributed by atoms with E-state index in [4.69, 9.17) is 20.6 Å². The van der Waals surface area contributed by atoms with Crippen LogP contribution in [0.25, 0.3) is 11.4 Å². The fourth-order valence-electron chi connectivity index (χ4n) is 3.83. The molecule has 186 valence electrons. The molecular weight excluding hydrogens is 457 g/mol. The lowest BCUT2D eigenvalue weighted by Gasteiger charge is -2.27. The lowest BCUT2D eigenvalue weighted by Crippen LogP contribution is -2.20. The molecule has 0 radical (unpaired) electrons. The van der Waals surface area contributed by atoms with Gasteiger partial charge in [0, 0.05) is 28.9 Å². The Labute approximate surface area is 210 Å². The summed E-state index contributed by atoms with van der Waals surface area (Å²) in [6.07, 6.45) is 1.53. The van der Waals surface area contributed by atoms with Crippen molar-refractivity contribution in [3.05, 3.63) is 90.0 Å². The van der Waals surface area contributed by atoms with Crippen molar-refractivity contribution < 1.29 is 13.9 Å². The SMILES string of the molecule is CCOc1cc(OC(C)C)c(F)c(N(Cc2cnc(-c3ccccc3)[nH]2)c2ccc(C(=N)N)cc2)c1. The van der Waals surface area contributed by atoms with Gasteiger partial charge in [0.1, 0.15) is 17.4 Å². The summed E-state index contributed by atoms with van der Waals surface area (Å²) < 4.78 is 27.4. The minimum atomic E-state index is -0.495. The van der Waals surface area contributed by atoms with Gasteiger partial charge in [-0.05, 0) is 45.0 Å². The van der Waals surface area contributed by atoms with Gasteiger partial charge in [-0.1, -0.05) is 30.3 Å². The lowest BCUT2D eigenvalue weighted by atomic mass is 10.1. The van der Waals surface area contributed by atoms with Crippen LogP contribution < -0.4 is 20.1 Å². The molecule has 7 nitrogen and oxygen atoms in total. The number of anilines is 2. The number of nitrogens with zero attached hydrogens (tertiary/aromatic N) is 2. The van der Waals surface area contributed by atoms with Crippen molar-refractivity contribution >= 4 is 17.2 Å². The number of aromatic nitrogens is 2. The maximum atomic E-state index is 15.9. The number of rotatable bonds is 10. The van der Waals surface area contributed by atoms with Crippen molar-refractivity contribution in [3.8, 4) is 22.9 Å². The third-order valence-electron chi connectivity index (χ3n) is 5.45. The number of halogens is 1. The third kappa shape index (κ3) is 5.66. The quantitative estimate of drug-likeness (QED) is 0.187. The fourth-order valence-corrected chi connectivity index (χ4v) is 3.83. The van der Waals surface area contributed by atoms with Crippen molar-refractivity contribution in [3.63, 3.8) is 0 Å². The zero-order chi connectivity index (χ0) is 25.7. The molecule has 4 rings (SSSR count). The summed E-state index contributed by atoms with van der Waals surface area (Å²) in [6.45, 7) is 6.30. The molecule has 0 aliphatic carbocycles. The summed E-state index contributed by atoms with van der Waals surface area (Å²) in [6, 6.07) is 20.1. The second-order valence-electron chi connectivity index (χ2n) is 8.52. The normalized spacial score (nSPS) is 10.9. The molecule has 1 heterocycles. The summed E-state index contributed by atoms with van der Waals surface area (Å²) in [5, 5.41) is 7.70. The Hall–Kier alpha value is -4.33. The molecule has 0 fully saturated rings. The zero-order valence-corrected chi connectivity index (χ0v) is 20.6. The molecule has 4 N–H and O–H groups in total. The molecular formula is C28H30FN5O2. The summed E-state index contributed by atoms with van der Waals surface area (Å²) in [7, 11) is 0. The first-order valence-electron chi connectivity index (χ1n) is 11.8. The number of nitrogens with one attached hydrogen (secondary N) is 2. The molecule has 1 aromatic heterocycles. The van der Waals surface area contributed by atoms with Gasteiger partial charge in [0.15, 0.2) is 11.6 Å². The van der Waals surface area contributed by atoms with Crippen LogP contribution in [0.4, 0.5) is 15.8 Å². The topological polar surface area (TPSA) is 100 Å². The third-order valence-corrected chi connectivity index (χ3v) is 5.45. The number of ether oxygens (including phenoxy) is 2. The maximum absolute atomic E-state index is 15.9. The van der Waals surface area contributed by atoms with Crippen molar-refractivity contribution in [1.82, 2.24) is 9.97 Å². The minimum Gasteiger partial charge on any atom is -0.494 e. The highest BCUT2D eigenvalue weighted by molar-refractivity contribution is 5.95. The second kappa shape index (κ2) is 10.9. The monoisotopic (exact) mass is 487 g/mol. The fraction of sp³-hybridized carbons (Fsp3) is 0.214. The number of nitrogens with two attached hydrogens (primary N) is 1. The predicted molar refractivity (Wildman–Crippen MR) is 141 cm³/mol. The van der Waals surface area contributed by atoms with Crippen LogP contribution in [0.1, 0.15) is 32.0 Å². The molecule has 36 heavy (non-hydrogen) atoms. The number of H-pyrrole nitrogens is 1. The van der Waals surface area contributed by atoms with Gasteiger partial charge in [0.05, 0.1) is 36.8 Å². The van der Waals surface area contributed by atoms with Gasteiger partial charge in [0.25, 0.3) is 0 Å². The van der Waals surface area contributed by atoms with Crippen LogP contribution in [0.15, 0.2) is 72.9 Å². The molecule has 0 atom stereocenters. The van der Waals surface area contributed by atoms with Gasteiger partial charge in [-0.15, -0.1) is 0 Å². The van der Waals surface area contributed by atoms with Crippen molar-refractivity contribution in [2.24, 2.45) is 5.73 Å². The zero-order valence-electron chi connectivity index (χ0n) is 20.6. The summed E-state index contributed by atoms with van der Waals surface area (Å²) >= 11 is 0. The summed E-state index contributed by atoms with van der Waals surface area (Å²) in [5.74, 6) is 0.817. The Morgan fingerprint density at radius 3 is 2.47 bits per heavy atom. The van der Waals surface area contributed by atoms with Crippen LogP contribution in [0.3, 0.4) is 0 Å². The number of nitrogen functional groups attached to an aromatic ring is 1. The van der Waals surface area contributed by atoms with Gasteiger partial charge in [-0.25, -0.2) is 9.37 Å². The van der Waals surface area contributed by atoms with Crippen LogP contribution in [-0.2, 0) is 6.54 Å². The minimum absolute atomic E-state index is 0.0358. The van der Waals surface area contributed by atoms with E-state index in [-0.39, 0.29) is 17.7 Å². The predicted octanol–water partition coefficient (Wildman–Crippen LogP) is 6.02. The molecule has 0 aliphatic rings. The Bertz CT molecular complexity index is 1320. The van der Waals surface area contributed by atoms with E-state index < -0.39 is 5.82 Å². The standard InChI is InChI=1S/C28H30FN5O2/c1-4-35-23-14-24(26(29)25(15-23)36-18(2)3)34(22-12-10-19(11-13-22)27(30)31)17-21-16-32-28(33-21)20-8-6-5-7-9-20/h5-16,18H,4,17H2,1-3H3,(H3,30,31)(H,32,33). The summed E-state index contributed by atoms with van der Waals surface area (Å²) in [4.78, 5) is 9.68. The van der Waals surface area contributed by atoms with Gasteiger partial charge in [-0.2, -0.15) is 0 Å². The van der Waals surface area contributed by atoms with Crippen LogP contribution in [0.5, 0.6) is 11.5 Å². The lowest BCUT2D eigenvalue weighted by molar-refractivity contribution is 0.229. The maximum Gasteiger partial charge on any atom is 0.188 e. The van der Waals surface area contributed by atoms with Gasteiger partial charge in [-0.3, -0.25) is 5.41 Å². The number of aromatic amines is 1. The molecule has 3 aromatic carbocycles. The highest BCUT2D eigenvalue weighted by Gasteiger charge is 2.22. The number of hydrogen-bond acceptors (Lipinski definition) is 5. The van der Waals surface area contributed by atoms with Crippen LogP contribution in [0.2, 0.25) is 0 Å². The number of imidazole rings is 1. The molecule has 0 spiro atoms. The number of hydrogen-bond donors (Lipinski definition) is 3. The van der Waals surface area contributed by atoms with E-state index in [0.29, 0.717) is 35.8 Å². The van der Waals surface area contributed by atoms with E-state index in [1.165, 1.54) is 0 Å². The molecule has 4 aromatic rings. The molecule has 0 saturated carbocycles. The molecule has 0 saturated heterocycles. The Balaban J connectivity index is 1.79.